The molecule has 0 aromatic carbocycles. The number of carbonyl (C=O) groups is 1. The Kier molecular flexibility index (Phi) is 3.49. The number of hydrogen-bond acceptors (Lipinski definition) is 4. The molecule has 18 heavy (non-hydrogen) atoms. The molecule has 0 amide bonds. The van der Waals surface area contributed by atoms with Crippen LogP contribution in [0.3, 0.4) is 0 Å². The van der Waals surface area contributed by atoms with Gasteiger partial charge in [0.05, 0.1) is 8.66 Å². The highest BCUT2D eigenvalue weighted by Gasteiger charge is 2.27. The average Bonchev–Trinajstić information content (AvgIpc) is 2.83. The summed E-state index contributed by atoms with van der Waals surface area (Å²) in [5, 5.41) is 8.76. The molecule has 0 saturated carbocycles. The van der Waals surface area contributed by atoms with Crippen LogP contribution in [0, 0.1) is 6.92 Å². The Bertz CT molecular complexity index is 589. The normalized spacial score (nSPS) is 11.2. The quantitative estimate of drug-likeness (QED) is 0.915. The second-order valence-electron chi connectivity index (χ2n) is 3.41. The first-order chi connectivity index (χ1) is 8.40. The number of thiophene rings is 1. The molecule has 0 saturated heterocycles. The Hall–Kier alpha value is -1.28. The van der Waals surface area contributed by atoms with E-state index in [0.717, 1.165) is 9.35 Å². The first-order valence-electron chi connectivity index (χ1n) is 4.68. The van der Waals surface area contributed by atoms with Crippen LogP contribution in [0.2, 0.25) is 0 Å². The predicted molar refractivity (Wildman–Crippen MR) is 64.2 cm³/mol. The standard InChI is InChI=1S/C10H6BrF2NO3S/c1-3-2-4(18-7(3)11)9-14-5(8(12)13)6(17-9)10(15)16/h2,8H,1H3,(H,15,16). The average molecular weight is 338 g/mol. The summed E-state index contributed by atoms with van der Waals surface area (Å²) in [4.78, 5) is 14.8. The van der Waals surface area contributed by atoms with E-state index in [2.05, 4.69) is 20.9 Å². The van der Waals surface area contributed by atoms with E-state index in [9.17, 15) is 13.6 Å². The molecule has 0 aliphatic rings. The van der Waals surface area contributed by atoms with E-state index < -0.39 is 23.8 Å². The van der Waals surface area contributed by atoms with Gasteiger partial charge in [-0.1, -0.05) is 0 Å². The third-order valence-electron chi connectivity index (χ3n) is 2.12. The minimum Gasteiger partial charge on any atom is -0.475 e. The number of halogens is 3. The van der Waals surface area contributed by atoms with Crippen LogP contribution in [0.4, 0.5) is 8.78 Å². The number of carboxylic acid groups (broad SMARTS) is 1. The largest absolute Gasteiger partial charge is 0.475 e. The van der Waals surface area contributed by atoms with Gasteiger partial charge in [-0.05, 0) is 34.5 Å². The molecule has 0 unspecified atom stereocenters. The van der Waals surface area contributed by atoms with Crippen LogP contribution in [0.25, 0.3) is 10.8 Å². The summed E-state index contributed by atoms with van der Waals surface area (Å²) in [6, 6.07) is 1.68. The van der Waals surface area contributed by atoms with E-state index in [4.69, 9.17) is 9.52 Å². The van der Waals surface area contributed by atoms with Crippen molar-refractivity contribution < 1.29 is 23.1 Å². The maximum Gasteiger partial charge on any atom is 0.374 e. The van der Waals surface area contributed by atoms with Gasteiger partial charge in [-0.15, -0.1) is 11.3 Å². The summed E-state index contributed by atoms with van der Waals surface area (Å²) in [7, 11) is 0. The fourth-order valence-electron chi connectivity index (χ4n) is 1.30. The summed E-state index contributed by atoms with van der Waals surface area (Å²) in [6.45, 7) is 1.82. The van der Waals surface area contributed by atoms with Crippen LogP contribution in [0.15, 0.2) is 14.3 Å². The van der Waals surface area contributed by atoms with Crippen molar-refractivity contribution >= 4 is 33.2 Å². The van der Waals surface area contributed by atoms with Crippen molar-refractivity contribution in [3.63, 3.8) is 0 Å². The molecule has 96 valence electrons. The summed E-state index contributed by atoms with van der Waals surface area (Å²) in [5.41, 5.74) is 0.0448. The molecule has 2 heterocycles. The third kappa shape index (κ3) is 2.30. The van der Waals surface area contributed by atoms with Crippen molar-refractivity contribution in [1.82, 2.24) is 4.98 Å². The lowest BCUT2D eigenvalue weighted by Crippen LogP contribution is -1.99. The van der Waals surface area contributed by atoms with E-state index >= 15 is 0 Å². The van der Waals surface area contributed by atoms with Crippen molar-refractivity contribution in [3.8, 4) is 10.8 Å². The molecule has 2 rings (SSSR count). The van der Waals surface area contributed by atoms with Crippen molar-refractivity contribution in [3.05, 3.63) is 26.9 Å². The summed E-state index contributed by atoms with van der Waals surface area (Å²) in [6.07, 6.45) is -2.99. The molecule has 0 fully saturated rings. The SMILES string of the molecule is Cc1cc(-c2nc(C(F)F)c(C(=O)O)o2)sc1Br. The topological polar surface area (TPSA) is 63.3 Å². The number of carboxylic acids is 1. The fourth-order valence-corrected chi connectivity index (χ4v) is 2.76. The van der Waals surface area contributed by atoms with Crippen LogP contribution in [-0.4, -0.2) is 16.1 Å². The van der Waals surface area contributed by atoms with Crippen LogP contribution in [0.5, 0.6) is 0 Å². The maximum absolute atomic E-state index is 12.6. The third-order valence-corrected chi connectivity index (χ3v) is 4.25. The Morgan fingerprint density at radius 2 is 2.28 bits per heavy atom. The summed E-state index contributed by atoms with van der Waals surface area (Å²) < 4.78 is 30.9. The van der Waals surface area contributed by atoms with E-state index in [1.54, 1.807) is 6.07 Å². The lowest BCUT2D eigenvalue weighted by molar-refractivity contribution is 0.0647. The molecule has 2 aromatic heterocycles. The van der Waals surface area contributed by atoms with E-state index in [1.165, 1.54) is 11.3 Å². The minimum atomic E-state index is -2.99. The zero-order valence-electron chi connectivity index (χ0n) is 8.91. The van der Waals surface area contributed by atoms with Gasteiger partial charge in [0.15, 0.2) is 5.69 Å². The molecule has 0 aliphatic carbocycles. The van der Waals surface area contributed by atoms with E-state index in [-0.39, 0.29) is 5.89 Å². The summed E-state index contributed by atoms with van der Waals surface area (Å²) in [5.74, 6) is -2.49. The smallest absolute Gasteiger partial charge is 0.374 e. The van der Waals surface area contributed by atoms with E-state index in [1.807, 2.05) is 6.92 Å². The Balaban J connectivity index is 2.53. The van der Waals surface area contributed by atoms with Gasteiger partial charge in [0.25, 0.3) is 6.43 Å². The predicted octanol–water partition coefficient (Wildman–Crippen LogP) is 4.11. The first kappa shape index (κ1) is 13.2. The van der Waals surface area contributed by atoms with E-state index in [0.29, 0.717) is 4.88 Å². The van der Waals surface area contributed by atoms with Crippen molar-refractivity contribution in [2.45, 2.75) is 13.3 Å². The van der Waals surface area contributed by atoms with Gasteiger partial charge in [-0.2, -0.15) is 0 Å². The number of aromatic nitrogens is 1. The molecule has 2 aromatic rings. The molecule has 4 nitrogen and oxygen atoms in total. The Labute approximate surface area is 112 Å². The van der Waals surface area contributed by atoms with Gasteiger partial charge in [0, 0.05) is 0 Å². The van der Waals surface area contributed by atoms with Crippen LogP contribution < -0.4 is 0 Å². The van der Waals surface area contributed by atoms with Gasteiger partial charge < -0.3 is 9.52 Å². The summed E-state index contributed by atoms with van der Waals surface area (Å²) >= 11 is 4.52. The van der Waals surface area contributed by atoms with Gasteiger partial charge in [0.2, 0.25) is 11.7 Å². The molecule has 1 N–H and O–H groups in total. The second-order valence-corrected chi connectivity index (χ2v) is 5.78. The molecule has 0 bridgehead atoms. The monoisotopic (exact) mass is 337 g/mol. The number of aryl methyl sites for hydroxylation is 1. The molecule has 8 heteroatoms. The lowest BCUT2D eigenvalue weighted by atomic mass is 10.3. The number of rotatable bonds is 3. The van der Waals surface area contributed by atoms with Crippen LogP contribution >= 0.6 is 27.3 Å². The zero-order chi connectivity index (χ0) is 13.4. The highest BCUT2D eigenvalue weighted by Crippen LogP contribution is 2.36. The number of hydrogen-bond donors (Lipinski definition) is 1. The van der Waals surface area contributed by atoms with Crippen molar-refractivity contribution in [1.29, 1.82) is 0 Å². The van der Waals surface area contributed by atoms with Crippen LogP contribution in [0.1, 0.15) is 28.2 Å². The van der Waals surface area contributed by atoms with Gasteiger partial charge in [-0.25, -0.2) is 18.6 Å². The Morgan fingerprint density at radius 3 is 2.67 bits per heavy atom. The highest BCUT2D eigenvalue weighted by atomic mass is 79.9. The van der Waals surface area contributed by atoms with Crippen LogP contribution in [-0.2, 0) is 0 Å². The van der Waals surface area contributed by atoms with Gasteiger partial charge >= 0.3 is 5.97 Å². The van der Waals surface area contributed by atoms with Crippen molar-refractivity contribution in [2.24, 2.45) is 0 Å². The lowest BCUT2D eigenvalue weighted by Gasteiger charge is -1.91. The molecular weight excluding hydrogens is 332 g/mol. The second kappa shape index (κ2) is 4.77. The number of oxazole rings is 1. The molecule has 0 spiro atoms. The first-order valence-corrected chi connectivity index (χ1v) is 6.29. The van der Waals surface area contributed by atoms with Crippen molar-refractivity contribution in [2.75, 3.05) is 0 Å². The van der Waals surface area contributed by atoms with Gasteiger partial charge in [0.1, 0.15) is 0 Å². The molecule has 0 atom stereocenters. The highest BCUT2D eigenvalue weighted by molar-refractivity contribution is 9.11. The van der Waals surface area contributed by atoms with Gasteiger partial charge in [-0.3, -0.25) is 0 Å². The zero-order valence-corrected chi connectivity index (χ0v) is 11.3. The molecular formula is C10H6BrF2NO3S. The maximum atomic E-state index is 12.6. The molecule has 0 radical (unpaired) electrons. The number of nitrogens with zero attached hydrogens (tertiary/aromatic N) is 1. The number of alkyl halides is 2. The Morgan fingerprint density at radius 1 is 1.61 bits per heavy atom. The minimum absolute atomic E-state index is 0.110. The fraction of sp³-hybridized carbons (Fsp3) is 0.200. The molecule has 0 aliphatic heterocycles. The number of aromatic carboxylic acids is 1.